The zero-order chi connectivity index (χ0) is 17.0. The van der Waals surface area contributed by atoms with Crippen molar-refractivity contribution >= 4 is 17.6 Å². The summed E-state index contributed by atoms with van der Waals surface area (Å²) < 4.78 is 14.6. The van der Waals surface area contributed by atoms with Gasteiger partial charge in [-0.2, -0.15) is 0 Å². The minimum absolute atomic E-state index is 0.0415. The maximum absolute atomic E-state index is 12.0. The Hall–Kier alpha value is -3.16. The van der Waals surface area contributed by atoms with E-state index in [0.717, 1.165) is 0 Å². The second-order valence-corrected chi connectivity index (χ2v) is 4.60. The number of carbonyl (C=O) groups excluding carboxylic acids is 2. The van der Waals surface area contributed by atoms with E-state index in [1.165, 1.54) is 44.6 Å². The number of aryl methyl sites for hydroxylation is 1. The highest BCUT2D eigenvalue weighted by molar-refractivity contribution is 5.90. The van der Waals surface area contributed by atoms with E-state index in [1.54, 1.807) is 0 Å². The molecule has 120 valence electrons. The number of ether oxygens (including phenoxy) is 2. The van der Waals surface area contributed by atoms with Gasteiger partial charge in [-0.05, 0) is 25.1 Å². The van der Waals surface area contributed by atoms with Crippen LogP contribution in [0, 0.1) is 17.0 Å². The minimum atomic E-state index is -0.674. The van der Waals surface area contributed by atoms with E-state index in [9.17, 15) is 19.7 Å². The number of furan rings is 1. The van der Waals surface area contributed by atoms with Crippen molar-refractivity contribution in [2.75, 3.05) is 7.11 Å². The molecular weight excluding hydrogens is 306 g/mol. The fraction of sp³-hybridized carbons (Fsp3) is 0.200. The van der Waals surface area contributed by atoms with Crippen molar-refractivity contribution in [3.63, 3.8) is 0 Å². The third kappa shape index (κ3) is 3.54. The Labute approximate surface area is 130 Å². The lowest BCUT2D eigenvalue weighted by atomic mass is 10.1. The Morgan fingerprint density at radius 1 is 1.26 bits per heavy atom. The van der Waals surface area contributed by atoms with Crippen LogP contribution < -0.4 is 0 Å². The summed E-state index contributed by atoms with van der Waals surface area (Å²) >= 11 is 0. The predicted octanol–water partition coefficient (Wildman–Crippen LogP) is 2.64. The number of carbonyl (C=O) groups is 2. The number of hydrogen-bond donors (Lipinski definition) is 0. The number of nitro groups is 1. The molecule has 1 aromatic heterocycles. The van der Waals surface area contributed by atoms with Crippen molar-refractivity contribution in [1.82, 2.24) is 0 Å². The number of esters is 2. The summed E-state index contributed by atoms with van der Waals surface area (Å²) in [7, 11) is 1.21. The van der Waals surface area contributed by atoms with Crippen LogP contribution in [0.25, 0.3) is 0 Å². The average Bonchev–Trinajstić information content (AvgIpc) is 2.99. The van der Waals surface area contributed by atoms with Gasteiger partial charge in [0.15, 0.2) is 0 Å². The second kappa shape index (κ2) is 6.73. The molecule has 8 nitrogen and oxygen atoms in total. The molecule has 0 aliphatic carbocycles. The highest BCUT2D eigenvalue weighted by Crippen LogP contribution is 2.20. The standard InChI is InChI=1S/C15H13NO7/c1-9-7-10(3-4-12(9)16(19)20)14(17)23-8-11-5-6-22-13(11)15(18)21-2/h3-7H,8H2,1-2H3. The predicted molar refractivity (Wildman–Crippen MR) is 77.0 cm³/mol. The Bertz CT molecular complexity index is 763. The van der Waals surface area contributed by atoms with Gasteiger partial charge in [0.1, 0.15) is 6.61 Å². The number of methoxy groups -OCH3 is 1. The number of hydrogen-bond acceptors (Lipinski definition) is 7. The van der Waals surface area contributed by atoms with Gasteiger partial charge in [0, 0.05) is 17.2 Å². The van der Waals surface area contributed by atoms with Crippen molar-refractivity contribution < 1.29 is 28.4 Å². The lowest BCUT2D eigenvalue weighted by Crippen LogP contribution is -2.09. The Balaban J connectivity index is 2.09. The third-order valence-electron chi connectivity index (χ3n) is 3.11. The quantitative estimate of drug-likeness (QED) is 0.473. The van der Waals surface area contributed by atoms with Crippen LogP contribution in [0.2, 0.25) is 0 Å². The van der Waals surface area contributed by atoms with Crippen LogP contribution in [-0.4, -0.2) is 24.0 Å². The fourth-order valence-corrected chi connectivity index (χ4v) is 1.94. The van der Waals surface area contributed by atoms with Gasteiger partial charge in [0.2, 0.25) is 5.76 Å². The van der Waals surface area contributed by atoms with Crippen LogP contribution in [-0.2, 0) is 16.1 Å². The first-order valence-corrected chi connectivity index (χ1v) is 6.51. The topological polar surface area (TPSA) is 109 Å². The normalized spacial score (nSPS) is 10.2. The van der Waals surface area contributed by atoms with Crippen LogP contribution in [0.4, 0.5) is 5.69 Å². The molecule has 0 atom stereocenters. The van der Waals surface area contributed by atoms with Crippen molar-refractivity contribution in [3.8, 4) is 0 Å². The van der Waals surface area contributed by atoms with Gasteiger partial charge in [-0.15, -0.1) is 0 Å². The van der Waals surface area contributed by atoms with E-state index in [1.807, 2.05) is 0 Å². The molecule has 8 heteroatoms. The Morgan fingerprint density at radius 3 is 2.61 bits per heavy atom. The van der Waals surface area contributed by atoms with Gasteiger partial charge < -0.3 is 13.9 Å². The summed E-state index contributed by atoms with van der Waals surface area (Å²) in [4.78, 5) is 33.6. The maximum atomic E-state index is 12.0. The van der Waals surface area contributed by atoms with Gasteiger partial charge in [-0.3, -0.25) is 10.1 Å². The van der Waals surface area contributed by atoms with Crippen molar-refractivity contribution in [3.05, 3.63) is 63.1 Å². The molecule has 0 aliphatic heterocycles. The highest BCUT2D eigenvalue weighted by atomic mass is 16.6. The highest BCUT2D eigenvalue weighted by Gasteiger charge is 2.19. The van der Waals surface area contributed by atoms with Gasteiger partial charge in [-0.1, -0.05) is 0 Å². The van der Waals surface area contributed by atoms with Crippen LogP contribution in [0.5, 0.6) is 0 Å². The number of nitrogens with zero attached hydrogens (tertiary/aromatic N) is 1. The van der Waals surface area contributed by atoms with Gasteiger partial charge in [-0.25, -0.2) is 9.59 Å². The van der Waals surface area contributed by atoms with Gasteiger partial charge in [0.05, 0.1) is 23.9 Å². The number of nitro benzene ring substituents is 1. The van der Waals surface area contributed by atoms with E-state index in [2.05, 4.69) is 4.74 Å². The fourth-order valence-electron chi connectivity index (χ4n) is 1.94. The minimum Gasteiger partial charge on any atom is -0.463 e. The first-order valence-electron chi connectivity index (χ1n) is 6.51. The summed E-state index contributed by atoms with van der Waals surface area (Å²) in [6.45, 7) is 1.34. The molecule has 0 bridgehead atoms. The number of benzene rings is 1. The number of rotatable bonds is 5. The van der Waals surface area contributed by atoms with E-state index in [0.29, 0.717) is 11.1 Å². The molecule has 0 amide bonds. The summed E-state index contributed by atoms with van der Waals surface area (Å²) in [5.74, 6) is -1.38. The van der Waals surface area contributed by atoms with Gasteiger partial charge >= 0.3 is 11.9 Å². The van der Waals surface area contributed by atoms with Crippen LogP contribution in [0.1, 0.15) is 32.0 Å². The van der Waals surface area contributed by atoms with Crippen molar-refractivity contribution in [1.29, 1.82) is 0 Å². The summed E-state index contributed by atoms with van der Waals surface area (Å²) in [5.41, 5.74) is 0.812. The molecule has 1 aromatic carbocycles. The average molecular weight is 319 g/mol. The largest absolute Gasteiger partial charge is 0.463 e. The monoisotopic (exact) mass is 319 g/mol. The van der Waals surface area contributed by atoms with Crippen LogP contribution in [0.15, 0.2) is 34.9 Å². The molecule has 0 spiro atoms. The Morgan fingerprint density at radius 2 is 2.00 bits per heavy atom. The lowest BCUT2D eigenvalue weighted by Gasteiger charge is -2.05. The van der Waals surface area contributed by atoms with E-state index in [-0.39, 0.29) is 23.6 Å². The zero-order valence-corrected chi connectivity index (χ0v) is 12.4. The summed E-state index contributed by atoms with van der Waals surface area (Å²) in [5, 5.41) is 10.7. The maximum Gasteiger partial charge on any atom is 0.374 e. The molecule has 0 fully saturated rings. The molecular formula is C15H13NO7. The van der Waals surface area contributed by atoms with Crippen molar-refractivity contribution in [2.45, 2.75) is 13.5 Å². The molecule has 0 aliphatic rings. The Kier molecular flexibility index (Phi) is 4.75. The van der Waals surface area contributed by atoms with E-state index in [4.69, 9.17) is 9.15 Å². The van der Waals surface area contributed by atoms with Crippen LogP contribution >= 0.6 is 0 Å². The lowest BCUT2D eigenvalue weighted by molar-refractivity contribution is -0.385. The van der Waals surface area contributed by atoms with E-state index >= 15 is 0 Å². The van der Waals surface area contributed by atoms with Gasteiger partial charge in [0.25, 0.3) is 5.69 Å². The smallest absolute Gasteiger partial charge is 0.374 e. The molecule has 0 unspecified atom stereocenters. The molecule has 0 N–H and O–H groups in total. The molecule has 2 aromatic rings. The zero-order valence-electron chi connectivity index (χ0n) is 12.4. The second-order valence-electron chi connectivity index (χ2n) is 4.60. The third-order valence-corrected chi connectivity index (χ3v) is 3.11. The first kappa shape index (κ1) is 16.2. The molecule has 0 radical (unpaired) electrons. The molecule has 23 heavy (non-hydrogen) atoms. The summed E-state index contributed by atoms with van der Waals surface area (Å²) in [6, 6.07) is 5.41. The molecule has 0 saturated carbocycles. The first-order chi connectivity index (χ1) is 10.9. The SMILES string of the molecule is COC(=O)c1occc1COC(=O)c1ccc([N+](=O)[O-])c(C)c1. The molecule has 0 saturated heterocycles. The molecule has 1 heterocycles. The summed E-state index contributed by atoms with van der Waals surface area (Å²) in [6.07, 6.45) is 1.28. The van der Waals surface area contributed by atoms with E-state index < -0.39 is 16.9 Å². The molecule has 2 rings (SSSR count). The van der Waals surface area contributed by atoms with Crippen LogP contribution in [0.3, 0.4) is 0 Å². The van der Waals surface area contributed by atoms with Crippen molar-refractivity contribution in [2.24, 2.45) is 0 Å².